The lowest BCUT2D eigenvalue weighted by molar-refractivity contribution is -0.139. The van der Waals surface area contributed by atoms with Gasteiger partial charge < -0.3 is 15.7 Å². The Morgan fingerprint density at radius 2 is 2.18 bits per heavy atom. The molecule has 0 aromatic heterocycles. The first kappa shape index (κ1) is 14.2. The van der Waals surface area contributed by atoms with Crippen LogP contribution in [0.25, 0.3) is 0 Å². The normalized spacial score (nSPS) is 14.6. The fraction of sp³-hybridized carbons (Fsp3) is 0.417. The molecular weight excluding hydrogens is 284 g/mol. The molecule has 0 aliphatic carbocycles. The Hall–Kier alpha value is -0.910. The largest absolute Gasteiger partial charge is 0.480 e. The van der Waals surface area contributed by atoms with Crippen LogP contribution in [0.4, 0.5) is 0 Å². The highest BCUT2D eigenvalue weighted by atomic mass is 79.9. The van der Waals surface area contributed by atoms with Gasteiger partial charge in [0.05, 0.1) is 0 Å². The Morgan fingerprint density at radius 3 is 2.65 bits per heavy atom. The maximum atomic E-state index is 10.8. The molecule has 0 heterocycles. The molecule has 0 aliphatic rings. The number of hydrogen-bond donors (Lipinski definition) is 2. The zero-order chi connectivity index (χ0) is 13.0. The molecule has 0 radical (unpaired) electrons. The molecule has 0 bridgehead atoms. The summed E-state index contributed by atoms with van der Waals surface area (Å²) in [4.78, 5) is 12.8. The Kier molecular flexibility index (Phi) is 5.11. The van der Waals surface area contributed by atoms with E-state index in [1.807, 2.05) is 43.3 Å². The molecular formula is C12H17BrN2O2. The number of rotatable bonds is 5. The van der Waals surface area contributed by atoms with Gasteiger partial charge in [-0.05, 0) is 38.2 Å². The number of carboxylic acids is 1. The standard InChI is InChI=1S/C12H17BrN2O2/c1-15(2)11(7-10(14)12(16)17)8-4-3-5-9(13)6-8/h3-6,10-11H,7,14H2,1-2H3,(H,16,17). The number of carboxylic acid groups (broad SMARTS) is 1. The van der Waals surface area contributed by atoms with E-state index < -0.39 is 12.0 Å². The average Bonchev–Trinajstić information content (AvgIpc) is 2.24. The van der Waals surface area contributed by atoms with Crippen LogP contribution < -0.4 is 5.73 Å². The van der Waals surface area contributed by atoms with Crippen LogP contribution in [0, 0.1) is 0 Å². The third kappa shape index (κ3) is 4.11. The lowest BCUT2D eigenvalue weighted by Gasteiger charge is -2.26. The molecule has 2 unspecified atom stereocenters. The van der Waals surface area contributed by atoms with E-state index in [4.69, 9.17) is 10.8 Å². The zero-order valence-corrected chi connectivity index (χ0v) is 11.5. The van der Waals surface area contributed by atoms with Crippen molar-refractivity contribution < 1.29 is 9.90 Å². The Morgan fingerprint density at radius 1 is 1.53 bits per heavy atom. The van der Waals surface area contributed by atoms with E-state index in [-0.39, 0.29) is 6.04 Å². The molecule has 0 fully saturated rings. The molecule has 4 nitrogen and oxygen atoms in total. The van der Waals surface area contributed by atoms with Gasteiger partial charge in [-0.1, -0.05) is 28.1 Å². The molecule has 0 spiro atoms. The number of hydrogen-bond acceptors (Lipinski definition) is 3. The molecule has 2 atom stereocenters. The summed E-state index contributed by atoms with van der Waals surface area (Å²) in [6.07, 6.45) is 0.388. The van der Waals surface area contributed by atoms with E-state index >= 15 is 0 Å². The molecule has 3 N–H and O–H groups in total. The molecule has 94 valence electrons. The quantitative estimate of drug-likeness (QED) is 0.871. The van der Waals surface area contributed by atoms with Gasteiger partial charge in [0.2, 0.25) is 0 Å². The van der Waals surface area contributed by atoms with Gasteiger partial charge in [-0.25, -0.2) is 0 Å². The predicted molar refractivity (Wildman–Crippen MR) is 70.8 cm³/mol. The highest BCUT2D eigenvalue weighted by Crippen LogP contribution is 2.25. The van der Waals surface area contributed by atoms with E-state index in [0.717, 1.165) is 10.0 Å². The molecule has 17 heavy (non-hydrogen) atoms. The van der Waals surface area contributed by atoms with Crippen LogP contribution in [0.3, 0.4) is 0 Å². The van der Waals surface area contributed by atoms with Gasteiger partial charge in [0.1, 0.15) is 6.04 Å². The van der Waals surface area contributed by atoms with Crippen LogP contribution in [-0.2, 0) is 4.79 Å². The van der Waals surface area contributed by atoms with Crippen molar-refractivity contribution >= 4 is 21.9 Å². The van der Waals surface area contributed by atoms with E-state index in [1.165, 1.54) is 0 Å². The van der Waals surface area contributed by atoms with Crippen LogP contribution in [0.15, 0.2) is 28.7 Å². The van der Waals surface area contributed by atoms with E-state index in [1.54, 1.807) is 0 Å². The molecule has 0 saturated carbocycles. The van der Waals surface area contributed by atoms with Crippen molar-refractivity contribution in [2.24, 2.45) is 5.73 Å². The summed E-state index contributed by atoms with van der Waals surface area (Å²) >= 11 is 3.41. The number of aliphatic carboxylic acids is 1. The Balaban J connectivity index is 2.90. The first-order chi connectivity index (χ1) is 7.91. The van der Waals surface area contributed by atoms with Crippen LogP contribution in [0.1, 0.15) is 18.0 Å². The first-order valence-electron chi connectivity index (χ1n) is 5.32. The number of benzene rings is 1. The molecule has 0 aliphatic heterocycles. The van der Waals surface area contributed by atoms with Crippen LogP contribution in [0.5, 0.6) is 0 Å². The molecule has 0 saturated heterocycles. The summed E-state index contributed by atoms with van der Waals surface area (Å²) in [6, 6.07) is 6.98. The van der Waals surface area contributed by atoms with Crippen molar-refractivity contribution in [2.75, 3.05) is 14.1 Å². The number of nitrogens with two attached hydrogens (primary N) is 1. The lowest BCUT2D eigenvalue weighted by atomic mass is 9.99. The highest BCUT2D eigenvalue weighted by molar-refractivity contribution is 9.10. The van der Waals surface area contributed by atoms with Crippen molar-refractivity contribution in [3.05, 3.63) is 34.3 Å². The number of nitrogens with zero attached hydrogens (tertiary/aromatic N) is 1. The lowest BCUT2D eigenvalue weighted by Crippen LogP contribution is -2.35. The topological polar surface area (TPSA) is 66.6 Å². The van der Waals surface area contributed by atoms with Crippen molar-refractivity contribution in [1.82, 2.24) is 4.90 Å². The number of halogens is 1. The van der Waals surface area contributed by atoms with Gasteiger partial charge in [0.25, 0.3) is 0 Å². The summed E-state index contributed by atoms with van der Waals surface area (Å²) in [5, 5.41) is 8.86. The molecule has 1 aromatic rings. The maximum absolute atomic E-state index is 10.8. The predicted octanol–water partition coefficient (Wildman–Crippen LogP) is 1.85. The molecule has 1 rings (SSSR count). The molecule has 5 heteroatoms. The van der Waals surface area contributed by atoms with Crippen LogP contribution in [-0.4, -0.2) is 36.1 Å². The molecule has 1 aromatic carbocycles. The Labute approximate surface area is 110 Å². The van der Waals surface area contributed by atoms with Crippen molar-refractivity contribution in [1.29, 1.82) is 0 Å². The maximum Gasteiger partial charge on any atom is 0.320 e. The zero-order valence-electron chi connectivity index (χ0n) is 9.93. The van der Waals surface area contributed by atoms with E-state index in [2.05, 4.69) is 15.9 Å². The second kappa shape index (κ2) is 6.14. The summed E-state index contributed by atoms with van der Waals surface area (Å²) in [6.45, 7) is 0. The fourth-order valence-corrected chi connectivity index (χ4v) is 2.12. The first-order valence-corrected chi connectivity index (χ1v) is 6.11. The van der Waals surface area contributed by atoms with Gasteiger partial charge in [-0.15, -0.1) is 0 Å². The minimum atomic E-state index is -0.966. The monoisotopic (exact) mass is 300 g/mol. The van der Waals surface area contributed by atoms with Crippen LogP contribution >= 0.6 is 15.9 Å². The van der Waals surface area contributed by atoms with Gasteiger partial charge >= 0.3 is 5.97 Å². The summed E-state index contributed by atoms with van der Waals surface area (Å²) < 4.78 is 0.978. The van der Waals surface area contributed by atoms with E-state index in [0.29, 0.717) is 6.42 Å². The summed E-state index contributed by atoms with van der Waals surface area (Å²) in [5.41, 5.74) is 6.65. The van der Waals surface area contributed by atoms with Crippen molar-refractivity contribution in [2.45, 2.75) is 18.5 Å². The highest BCUT2D eigenvalue weighted by Gasteiger charge is 2.21. The average molecular weight is 301 g/mol. The van der Waals surface area contributed by atoms with E-state index in [9.17, 15) is 4.79 Å². The minimum Gasteiger partial charge on any atom is -0.480 e. The van der Waals surface area contributed by atoms with Crippen molar-refractivity contribution in [3.8, 4) is 0 Å². The third-order valence-electron chi connectivity index (χ3n) is 2.65. The SMILES string of the molecule is CN(C)C(CC(N)C(=O)O)c1cccc(Br)c1. The minimum absolute atomic E-state index is 0.00130. The van der Waals surface area contributed by atoms with Gasteiger partial charge in [-0.2, -0.15) is 0 Å². The molecule has 0 amide bonds. The summed E-state index contributed by atoms with van der Waals surface area (Å²) in [7, 11) is 3.83. The van der Waals surface area contributed by atoms with Crippen LogP contribution in [0.2, 0.25) is 0 Å². The smallest absolute Gasteiger partial charge is 0.320 e. The number of carbonyl (C=O) groups is 1. The second-order valence-corrected chi connectivity index (χ2v) is 5.13. The summed E-state index contributed by atoms with van der Waals surface area (Å²) in [5.74, 6) is -0.966. The van der Waals surface area contributed by atoms with Gasteiger partial charge in [-0.3, -0.25) is 4.79 Å². The Bertz CT molecular complexity index is 396. The fourth-order valence-electron chi connectivity index (χ4n) is 1.70. The van der Waals surface area contributed by atoms with Gasteiger partial charge in [0, 0.05) is 10.5 Å². The third-order valence-corrected chi connectivity index (χ3v) is 3.14. The second-order valence-electron chi connectivity index (χ2n) is 4.21. The van der Waals surface area contributed by atoms with Crippen molar-refractivity contribution in [3.63, 3.8) is 0 Å². The van der Waals surface area contributed by atoms with Gasteiger partial charge in [0.15, 0.2) is 0 Å².